The van der Waals surface area contributed by atoms with E-state index in [1.54, 1.807) is 6.33 Å². The second-order valence-corrected chi connectivity index (χ2v) is 4.60. The maximum absolute atomic E-state index is 4.17. The summed E-state index contributed by atoms with van der Waals surface area (Å²) in [6, 6.07) is 1.03. The molecule has 4 nitrogen and oxygen atoms in total. The molecule has 2 aliphatic carbocycles. The van der Waals surface area contributed by atoms with Gasteiger partial charge in [-0.05, 0) is 38.0 Å². The number of H-pyrrole nitrogens is 1. The first-order valence-corrected chi connectivity index (χ1v) is 5.46. The highest BCUT2D eigenvalue weighted by Crippen LogP contribution is 2.52. The number of hydrogen-bond donors (Lipinski definition) is 2. The average Bonchev–Trinajstić information content (AvgIpc) is 2.66. The lowest BCUT2D eigenvalue weighted by atomic mass is 10.1. The number of nitrogens with one attached hydrogen (secondary N) is 2. The van der Waals surface area contributed by atoms with Gasteiger partial charge in [0, 0.05) is 6.04 Å². The van der Waals surface area contributed by atoms with Crippen molar-refractivity contribution in [3.63, 3.8) is 0 Å². The fourth-order valence-electron chi connectivity index (χ4n) is 2.73. The van der Waals surface area contributed by atoms with E-state index in [2.05, 4.69) is 27.4 Å². The van der Waals surface area contributed by atoms with Crippen molar-refractivity contribution in [1.29, 1.82) is 0 Å². The summed E-state index contributed by atoms with van der Waals surface area (Å²) < 4.78 is 0. The van der Waals surface area contributed by atoms with Gasteiger partial charge in [-0.2, -0.15) is 5.10 Å². The van der Waals surface area contributed by atoms with Crippen LogP contribution in [0.4, 0.5) is 0 Å². The molecule has 4 atom stereocenters. The Bertz CT molecular complexity index is 308. The lowest BCUT2D eigenvalue weighted by Gasteiger charge is -2.18. The zero-order valence-corrected chi connectivity index (χ0v) is 8.40. The van der Waals surface area contributed by atoms with E-state index in [-0.39, 0.29) is 0 Å². The van der Waals surface area contributed by atoms with Gasteiger partial charge in [-0.15, -0.1) is 0 Å². The van der Waals surface area contributed by atoms with Crippen LogP contribution in [0.1, 0.15) is 38.1 Å². The number of rotatable bonds is 3. The van der Waals surface area contributed by atoms with Crippen LogP contribution in [0.3, 0.4) is 0 Å². The molecular weight excluding hydrogens is 176 g/mol. The maximum Gasteiger partial charge on any atom is 0.141 e. The van der Waals surface area contributed by atoms with E-state index in [1.807, 2.05) is 0 Å². The molecule has 14 heavy (non-hydrogen) atoms. The highest BCUT2D eigenvalue weighted by atomic mass is 15.2. The Morgan fingerprint density at radius 1 is 1.57 bits per heavy atom. The van der Waals surface area contributed by atoms with Crippen LogP contribution in [0.15, 0.2) is 6.33 Å². The smallest absolute Gasteiger partial charge is 0.141 e. The molecule has 4 unspecified atom stereocenters. The molecule has 0 radical (unpaired) electrons. The van der Waals surface area contributed by atoms with E-state index in [9.17, 15) is 0 Å². The highest BCUT2D eigenvalue weighted by molar-refractivity contribution is 5.03. The SMILES string of the molecule is CC(NC1CCC2CC21)c1ncn[nH]1. The van der Waals surface area contributed by atoms with E-state index >= 15 is 0 Å². The molecule has 2 N–H and O–H groups in total. The van der Waals surface area contributed by atoms with Gasteiger partial charge in [-0.1, -0.05) is 0 Å². The molecule has 2 fully saturated rings. The number of aromatic amines is 1. The Morgan fingerprint density at radius 2 is 2.50 bits per heavy atom. The highest BCUT2D eigenvalue weighted by Gasteiger charge is 2.48. The van der Waals surface area contributed by atoms with Crippen molar-refractivity contribution >= 4 is 0 Å². The topological polar surface area (TPSA) is 53.6 Å². The predicted octanol–water partition coefficient (Wildman–Crippen LogP) is 1.25. The maximum atomic E-state index is 4.17. The van der Waals surface area contributed by atoms with Gasteiger partial charge in [0.1, 0.15) is 12.2 Å². The monoisotopic (exact) mass is 192 g/mol. The summed E-state index contributed by atoms with van der Waals surface area (Å²) in [4.78, 5) is 4.17. The Balaban J connectivity index is 1.61. The normalized spacial score (nSPS) is 36.8. The van der Waals surface area contributed by atoms with Crippen LogP contribution >= 0.6 is 0 Å². The number of fused-ring (bicyclic) bond motifs is 1. The molecule has 0 aliphatic heterocycles. The summed E-state index contributed by atoms with van der Waals surface area (Å²) in [5.74, 6) is 2.95. The van der Waals surface area contributed by atoms with Gasteiger partial charge in [0.05, 0.1) is 6.04 Å². The van der Waals surface area contributed by atoms with Crippen LogP contribution in [0.5, 0.6) is 0 Å². The first-order chi connectivity index (χ1) is 6.84. The van der Waals surface area contributed by atoms with Crippen LogP contribution in [0.2, 0.25) is 0 Å². The summed E-state index contributed by atoms with van der Waals surface area (Å²) in [5, 5.41) is 10.4. The zero-order valence-electron chi connectivity index (χ0n) is 8.40. The summed E-state index contributed by atoms with van der Waals surface area (Å²) in [5.41, 5.74) is 0. The standard InChI is InChI=1S/C10H16N4/c1-6(10-11-5-12-14-10)13-9-3-2-7-4-8(7)9/h5-9,13H,2-4H2,1H3,(H,11,12,14). The fourth-order valence-corrected chi connectivity index (χ4v) is 2.73. The Hall–Kier alpha value is -0.900. The van der Waals surface area contributed by atoms with Crippen LogP contribution in [0, 0.1) is 11.8 Å². The van der Waals surface area contributed by atoms with E-state index in [0.717, 1.165) is 23.7 Å². The quantitative estimate of drug-likeness (QED) is 0.758. The van der Waals surface area contributed by atoms with Crippen molar-refractivity contribution < 1.29 is 0 Å². The van der Waals surface area contributed by atoms with Crippen molar-refractivity contribution in [1.82, 2.24) is 20.5 Å². The van der Waals surface area contributed by atoms with Crippen LogP contribution in [0.25, 0.3) is 0 Å². The van der Waals surface area contributed by atoms with E-state index < -0.39 is 0 Å². The summed E-state index contributed by atoms with van der Waals surface area (Å²) in [7, 11) is 0. The molecule has 76 valence electrons. The molecule has 0 saturated heterocycles. The molecule has 3 rings (SSSR count). The van der Waals surface area contributed by atoms with Gasteiger partial charge in [0.2, 0.25) is 0 Å². The van der Waals surface area contributed by atoms with Gasteiger partial charge in [-0.25, -0.2) is 4.98 Å². The lowest BCUT2D eigenvalue weighted by molar-refractivity contribution is 0.414. The van der Waals surface area contributed by atoms with Gasteiger partial charge >= 0.3 is 0 Å². The van der Waals surface area contributed by atoms with Gasteiger partial charge < -0.3 is 5.32 Å². The molecule has 0 bridgehead atoms. The molecule has 2 aliphatic rings. The first-order valence-electron chi connectivity index (χ1n) is 5.46. The van der Waals surface area contributed by atoms with Crippen LogP contribution < -0.4 is 5.32 Å². The summed E-state index contributed by atoms with van der Waals surface area (Å²) in [6.45, 7) is 2.15. The largest absolute Gasteiger partial charge is 0.304 e. The van der Waals surface area contributed by atoms with Crippen molar-refractivity contribution in [2.75, 3.05) is 0 Å². The predicted molar refractivity (Wildman–Crippen MR) is 52.6 cm³/mol. The Morgan fingerprint density at radius 3 is 3.07 bits per heavy atom. The molecule has 2 saturated carbocycles. The number of nitrogens with zero attached hydrogens (tertiary/aromatic N) is 2. The average molecular weight is 192 g/mol. The van der Waals surface area contributed by atoms with Crippen LogP contribution in [-0.4, -0.2) is 21.2 Å². The number of hydrogen-bond acceptors (Lipinski definition) is 3. The van der Waals surface area contributed by atoms with Gasteiger partial charge in [0.15, 0.2) is 0 Å². The van der Waals surface area contributed by atoms with Gasteiger partial charge in [-0.3, -0.25) is 5.10 Å². The minimum Gasteiger partial charge on any atom is -0.304 e. The summed E-state index contributed by atoms with van der Waals surface area (Å²) in [6.07, 6.45) is 5.78. The number of aromatic nitrogens is 3. The van der Waals surface area contributed by atoms with Crippen molar-refractivity contribution in [2.24, 2.45) is 11.8 Å². The van der Waals surface area contributed by atoms with E-state index in [1.165, 1.54) is 19.3 Å². The molecule has 0 aromatic carbocycles. The molecule has 4 heteroatoms. The van der Waals surface area contributed by atoms with Crippen molar-refractivity contribution in [3.8, 4) is 0 Å². The summed E-state index contributed by atoms with van der Waals surface area (Å²) >= 11 is 0. The van der Waals surface area contributed by atoms with Gasteiger partial charge in [0.25, 0.3) is 0 Å². The van der Waals surface area contributed by atoms with Crippen molar-refractivity contribution in [2.45, 2.75) is 38.3 Å². The first kappa shape index (κ1) is 8.41. The molecule has 1 heterocycles. The third-order valence-electron chi connectivity index (χ3n) is 3.65. The van der Waals surface area contributed by atoms with E-state index in [4.69, 9.17) is 0 Å². The zero-order chi connectivity index (χ0) is 9.54. The third-order valence-corrected chi connectivity index (χ3v) is 3.65. The lowest BCUT2D eigenvalue weighted by Crippen LogP contribution is -2.32. The fraction of sp³-hybridized carbons (Fsp3) is 0.800. The minimum absolute atomic E-state index is 0.307. The molecule has 1 aromatic rings. The van der Waals surface area contributed by atoms with Crippen LogP contribution in [-0.2, 0) is 0 Å². The second kappa shape index (κ2) is 3.05. The third kappa shape index (κ3) is 1.34. The molecular formula is C10H16N4. The molecule has 1 aromatic heterocycles. The Kier molecular flexibility index (Phi) is 1.83. The second-order valence-electron chi connectivity index (χ2n) is 4.60. The van der Waals surface area contributed by atoms with Crippen molar-refractivity contribution in [3.05, 3.63) is 12.2 Å². The molecule has 0 spiro atoms. The van der Waals surface area contributed by atoms with E-state index in [0.29, 0.717) is 6.04 Å². The minimum atomic E-state index is 0.307. The Labute approximate surface area is 83.5 Å². The molecule has 0 amide bonds.